The molecule has 4 nitrogen and oxygen atoms in total. The molecule has 1 fully saturated rings. The van der Waals surface area contributed by atoms with Gasteiger partial charge in [-0.05, 0) is 0 Å². The van der Waals surface area contributed by atoms with Gasteiger partial charge in [-0.1, -0.05) is 13.8 Å². The number of hydrogen-bond acceptors (Lipinski definition) is 3. The molecule has 1 heterocycles. The number of hydrogen-bond donors (Lipinski definition) is 1. The molecule has 0 atom stereocenters. The molecule has 0 spiro atoms. The van der Waals surface area contributed by atoms with Crippen molar-refractivity contribution >= 4 is 5.91 Å². The molecule has 1 rings (SSSR count). The maximum atomic E-state index is 10.9. The Hall–Kier alpha value is -0.610. The number of amides is 1. The van der Waals surface area contributed by atoms with Crippen molar-refractivity contribution in [3.05, 3.63) is 0 Å². The molecule has 1 aliphatic rings. The Bertz CT molecular complexity index is 126. The third kappa shape index (κ3) is 3.69. The minimum atomic E-state index is 0.0525. The van der Waals surface area contributed by atoms with Crippen LogP contribution in [0.3, 0.4) is 0 Å². The van der Waals surface area contributed by atoms with Crippen molar-refractivity contribution in [2.24, 2.45) is 5.73 Å². The van der Waals surface area contributed by atoms with E-state index in [-0.39, 0.29) is 12.5 Å². The SMILES string of the molecule is CC.NCCN1CCOCC1=O. The minimum Gasteiger partial charge on any atom is -0.370 e. The summed E-state index contributed by atoms with van der Waals surface area (Å²) in [6.07, 6.45) is 0. The third-order valence-electron chi connectivity index (χ3n) is 1.48. The Morgan fingerprint density at radius 3 is 2.75 bits per heavy atom. The van der Waals surface area contributed by atoms with Crippen LogP contribution in [0.4, 0.5) is 0 Å². The van der Waals surface area contributed by atoms with E-state index in [1.54, 1.807) is 4.90 Å². The first-order chi connectivity index (χ1) is 5.84. The van der Waals surface area contributed by atoms with E-state index in [2.05, 4.69) is 0 Å². The molecule has 72 valence electrons. The average molecular weight is 174 g/mol. The fourth-order valence-electron chi connectivity index (χ4n) is 0.943. The van der Waals surface area contributed by atoms with Crippen LogP contribution in [0.25, 0.3) is 0 Å². The van der Waals surface area contributed by atoms with Crippen molar-refractivity contribution in [2.45, 2.75) is 13.8 Å². The van der Waals surface area contributed by atoms with E-state index in [0.29, 0.717) is 26.2 Å². The molecule has 4 heteroatoms. The van der Waals surface area contributed by atoms with Gasteiger partial charge in [0.05, 0.1) is 6.61 Å². The summed E-state index contributed by atoms with van der Waals surface area (Å²) >= 11 is 0. The lowest BCUT2D eigenvalue weighted by Crippen LogP contribution is -2.43. The number of carbonyl (C=O) groups is 1. The highest BCUT2D eigenvalue weighted by Crippen LogP contribution is 1.96. The second-order valence-electron chi connectivity index (χ2n) is 2.22. The third-order valence-corrected chi connectivity index (χ3v) is 1.48. The van der Waals surface area contributed by atoms with Gasteiger partial charge >= 0.3 is 0 Å². The Labute approximate surface area is 73.7 Å². The lowest BCUT2D eigenvalue weighted by molar-refractivity contribution is -0.142. The zero-order valence-electron chi connectivity index (χ0n) is 7.88. The van der Waals surface area contributed by atoms with Crippen LogP contribution >= 0.6 is 0 Å². The normalized spacial score (nSPS) is 16.9. The first-order valence-corrected chi connectivity index (χ1v) is 4.40. The van der Waals surface area contributed by atoms with E-state index in [1.165, 1.54) is 0 Å². The number of nitrogens with zero attached hydrogens (tertiary/aromatic N) is 1. The second-order valence-corrected chi connectivity index (χ2v) is 2.22. The summed E-state index contributed by atoms with van der Waals surface area (Å²) < 4.78 is 4.93. The minimum absolute atomic E-state index is 0.0525. The maximum absolute atomic E-state index is 10.9. The van der Waals surface area contributed by atoms with Gasteiger partial charge in [0.15, 0.2) is 0 Å². The second kappa shape index (κ2) is 7.06. The van der Waals surface area contributed by atoms with Gasteiger partial charge in [0, 0.05) is 19.6 Å². The van der Waals surface area contributed by atoms with Gasteiger partial charge in [-0.15, -0.1) is 0 Å². The van der Waals surface area contributed by atoms with Gasteiger partial charge in [-0.2, -0.15) is 0 Å². The highest BCUT2D eigenvalue weighted by molar-refractivity contribution is 5.77. The Morgan fingerprint density at radius 2 is 2.25 bits per heavy atom. The molecule has 0 radical (unpaired) electrons. The quantitative estimate of drug-likeness (QED) is 0.632. The van der Waals surface area contributed by atoms with Crippen LogP contribution in [-0.2, 0) is 9.53 Å². The number of rotatable bonds is 2. The summed E-state index contributed by atoms with van der Waals surface area (Å²) in [5, 5.41) is 0. The molecule has 12 heavy (non-hydrogen) atoms. The predicted molar refractivity (Wildman–Crippen MR) is 47.8 cm³/mol. The monoisotopic (exact) mass is 174 g/mol. The van der Waals surface area contributed by atoms with E-state index >= 15 is 0 Å². The van der Waals surface area contributed by atoms with Crippen molar-refractivity contribution in [3.8, 4) is 0 Å². The van der Waals surface area contributed by atoms with Gasteiger partial charge in [-0.3, -0.25) is 4.79 Å². The van der Waals surface area contributed by atoms with Gasteiger partial charge in [0.1, 0.15) is 6.61 Å². The van der Waals surface area contributed by atoms with Gasteiger partial charge in [-0.25, -0.2) is 0 Å². The zero-order chi connectivity index (χ0) is 9.40. The molecule has 0 saturated carbocycles. The van der Waals surface area contributed by atoms with E-state index in [4.69, 9.17) is 10.5 Å². The van der Waals surface area contributed by atoms with Crippen LogP contribution in [0.5, 0.6) is 0 Å². The summed E-state index contributed by atoms with van der Waals surface area (Å²) in [5.74, 6) is 0.0525. The summed E-state index contributed by atoms with van der Waals surface area (Å²) in [4.78, 5) is 12.7. The van der Waals surface area contributed by atoms with Crippen molar-refractivity contribution in [2.75, 3.05) is 32.8 Å². The van der Waals surface area contributed by atoms with Crippen LogP contribution < -0.4 is 5.73 Å². The Balaban J connectivity index is 0.000000561. The smallest absolute Gasteiger partial charge is 0.248 e. The van der Waals surface area contributed by atoms with Crippen molar-refractivity contribution in [1.29, 1.82) is 0 Å². The summed E-state index contributed by atoms with van der Waals surface area (Å²) in [5.41, 5.74) is 5.29. The molecule has 0 aliphatic carbocycles. The van der Waals surface area contributed by atoms with Gasteiger partial charge < -0.3 is 15.4 Å². The molecular weight excluding hydrogens is 156 g/mol. The lowest BCUT2D eigenvalue weighted by Gasteiger charge is -2.25. The molecule has 0 aromatic rings. The number of carbonyl (C=O) groups excluding carboxylic acids is 1. The van der Waals surface area contributed by atoms with E-state index in [1.807, 2.05) is 13.8 Å². The molecule has 0 bridgehead atoms. The Kier molecular flexibility index (Phi) is 6.70. The van der Waals surface area contributed by atoms with Crippen molar-refractivity contribution < 1.29 is 9.53 Å². The van der Waals surface area contributed by atoms with Crippen LogP contribution in [0.15, 0.2) is 0 Å². The number of morpholine rings is 1. The molecule has 0 unspecified atom stereocenters. The van der Waals surface area contributed by atoms with Crippen molar-refractivity contribution in [3.63, 3.8) is 0 Å². The number of nitrogens with two attached hydrogens (primary N) is 1. The molecule has 2 N–H and O–H groups in total. The maximum Gasteiger partial charge on any atom is 0.248 e. The predicted octanol–water partition coefficient (Wildman–Crippen LogP) is -0.170. The fourth-order valence-corrected chi connectivity index (χ4v) is 0.943. The van der Waals surface area contributed by atoms with E-state index < -0.39 is 0 Å². The zero-order valence-corrected chi connectivity index (χ0v) is 7.88. The van der Waals surface area contributed by atoms with E-state index in [9.17, 15) is 4.79 Å². The number of ether oxygens (including phenoxy) is 1. The highest BCUT2D eigenvalue weighted by atomic mass is 16.5. The first kappa shape index (κ1) is 11.4. The molecular formula is C8H18N2O2. The molecule has 1 amide bonds. The van der Waals surface area contributed by atoms with Gasteiger partial charge in [0.25, 0.3) is 0 Å². The lowest BCUT2D eigenvalue weighted by atomic mass is 10.4. The molecule has 1 aliphatic heterocycles. The topological polar surface area (TPSA) is 55.6 Å². The van der Waals surface area contributed by atoms with Crippen LogP contribution in [0.1, 0.15) is 13.8 Å². The van der Waals surface area contributed by atoms with Gasteiger partial charge in [0.2, 0.25) is 5.91 Å². The Morgan fingerprint density at radius 1 is 1.58 bits per heavy atom. The molecule has 1 saturated heterocycles. The van der Waals surface area contributed by atoms with Crippen molar-refractivity contribution in [1.82, 2.24) is 4.90 Å². The summed E-state index contributed by atoms with van der Waals surface area (Å²) in [7, 11) is 0. The fraction of sp³-hybridized carbons (Fsp3) is 0.875. The summed E-state index contributed by atoms with van der Waals surface area (Å²) in [6.45, 7) is 6.75. The van der Waals surface area contributed by atoms with Crippen LogP contribution in [0, 0.1) is 0 Å². The average Bonchev–Trinajstić information content (AvgIpc) is 2.13. The summed E-state index contributed by atoms with van der Waals surface area (Å²) in [6, 6.07) is 0. The first-order valence-electron chi connectivity index (χ1n) is 4.40. The van der Waals surface area contributed by atoms with E-state index in [0.717, 1.165) is 0 Å². The van der Waals surface area contributed by atoms with Crippen LogP contribution in [0.2, 0.25) is 0 Å². The van der Waals surface area contributed by atoms with Crippen LogP contribution in [-0.4, -0.2) is 43.7 Å². The molecule has 0 aromatic carbocycles. The largest absolute Gasteiger partial charge is 0.370 e. The highest BCUT2D eigenvalue weighted by Gasteiger charge is 2.16. The standard InChI is InChI=1S/C6H12N2O2.C2H6/c7-1-2-8-3-4-10-5-6(8)9;1-2/h1-5,7H2;1-2H3. The molecule has 0 aromatic heterocycles.